The minimum atomic E-state index is -1.17. The number of rotatable bonds is 9. The summed E-state index contributed by atoms with van der Waals surface area (Å²) in [5.74, 6) is -1.40. The van der Waals surface area contributed by atoms with Gasteiger partial charge in [0.15, 0.2) is 12.1 Å². The first-order chi connectivity index (χ1) is 27.0. The summed E-state index contributed by atoms with van der Waals surface area (Å²) in [6.07, 6.45) is 7.60. The van der Waals surface area contributed by atoms with Gasteiger partial charge in [-0.3, -0.25) is 24.0 Å². The predicted molar refractivity (Wildman–Crippen MR) is 207 cm³/mol. The number of aliphatic hydroxyl groups excluding tert-OH is 2. The number of aromatic nitrogens is 3. The van der Waals surface area contributed by atoms with Gasteiger partial charge in [-0.05, 0) is 92.9 Å². The lowest BCUT2D eigenvalue weighted by Gasteiger charge is -2.72. The Kier molecular flexibility index (Phi) is 8.46. The van der Waals surface area contributed by atoms with Gasteiger partial charge < -0.3 is 24.6 Å². The second kappa shape index (κ2) is 13.0. The maximum absolute atomic E-state index is 14.0. The van der Waals surface area contributed by atoms with Gasteiger partial charge in [-0.15, -0.1) is 5.10 Å². The zero-order chi connectivity index (χ0) is 38.7. The molecule has 2 N–H and O–H groups in total. The van der Waals surface area contributed by atoms with E-state index in [1.54, 1.807) is 4.68 Å². The third-order valence-corrected chi connectivity index (χ3v) is 15.4. The minimum Gasteiger partial charge on any atom is -0.393 e. The highest BCUT2D eigenvalue weighted by molar-refractivity contribution is 6.26. The van der Waals surface area contributed by atoms with E-state index in [9.17, 15) is 24.6 Å². The Labute approximate surface area is 327 Å². The molecule has 5 heterocycles. The van der Waals surface area contributed by atoms with Crippen molar-refractivity contribution in [2.24, 2.45) is 34.0 Å². The van der Waals surface area contributed by atoms with E-state index in [0.717, 1.165) is 67.3 Å². The lowest BCUT2D eigenvalue weighted by molar-refractivity contribution is -0.402. The fourth-order valence-corrected chi connectivity index (χ4v) is 13.0. The number of ether oxygens (including phenoxy) is 2. The number of amides is 2. The SMILES string of the molecule is C=C1C(=O)[C@]23[C@H](O)[C@H]1C[C@H](O)[C@H]2[C@]12CCCC(C)(C)[C@H]1C[C@H]3O[C@H]2OCCCc1cn(CCN2C(=O)c3cccc4c(N5CCCCC5)ccc(c34)C2=O)nn1. The van der Waals surface area contributed by atoms with E-state index in [1.165, 1.54) is 11.3 Å². The van der Waals surface area contributed by atoms with E-state index < -0.39 is 47.3 Å². The van der Waals surface area contributed by atoms with Gasteiger partial charge in [-0.25, -0.2) is 0 Å². The van der Waals surface area contributed by atoms with Crippen LogP contribution < -0.4 is 4.90 Å². The van der Waals surface area contributed by atoms with E-state index in [1.807, 2.05) is 36.5 Å². The molecular weight excluding hydrogens is 711 g/mol. The molecule has 3 aromatic rings. The molecule has 0 unspecified atom stereocenters. The second-order valence-electron chi connectivity index (χ2n) is 18.4. The summed E-state index contributed by atoms with van der Waals surface area (Å²) in [5, 5.41) is 33.9. The molecule has 12 heteroatoms. The van der Waals surface area contributed by atoms with Crippen molar-refractivity contribution in [1.29, 1.82) is 0 Å². The molecule has 4 bridgehead atoms. The summed E-state index contributed by atoms with van der Waals surface area (Å²) in [6.45, 7) is 11.5. The molecule has 56 heavy (non-hydrogen) atoms. The van der Waals surface area contributed by atoms with Crippen LogP contribution in [0.4, 0.5) is 5.69 Å². The van der Waals surface area contributed by atoms with Crippen LogP contribution >= 0.6 is 0 Å². The third kappa shape index (κ3) is 4.94. The molecular formula is C44H53N5O7. The number of aryl methyl sites for hydroxylation is 1. The Hall–Kier alpha value is -3.97. The van der Waals surface area contributed by atoms with Crippen molar-refractivity contribution in [3.8, 4) is 0 Å². The normalized spacial score (nSPS) is 35.7. The maximum Gasteiger partial charge on any atom is 0.261 e. The average molecular weight is 764 g/mol. The Bertz CT molecular complexity index is 2120. The molecule has 4 aliphatic heterocycles. The fraction of sp³-hybridized carbons (Fsp3) is 0.614. The molecule has 3 saturated heterocycles. The zero-order valence-corrected chi connectivity index (χ0v) is 32.5. The van der Waals surface area contributed by atoms with E-state index in [4.69, 9.17) is 9.47 Å². The van der Waals surface area contributed by atoms with Crippen molar-refractivity contribution >= 4 is 34.1 Å². The lowest BCUT2D eigenvalue weighted by Crippen LogP contribution is -2.78. The number of fused-ring (bicyclic) bond motifs is 2. The summed E-state index contributed by atoms with van der Waals surface area (Å²) >= 11 is 0. The molecule has 8 aliphatic rings. The van der Waals surface area contributed by atoms with Crippen LogP contribution in [0.2, 0.25) is 0 Å². The Morgan fingerprint density at radius 3 is 2.55 bits per heavy atom. The number of carbonyl (C=O) groups is 3. The molecule has 12 nitrogen and oxygen atoms in total. The molecule has 4 aliphatic carbocycles. The van der Waals surface area contributed by atoms with E-state index in [0.29, 0.717) is 55.5 Å². The average Bonchev–Trinajstić information content (AvgIpc) is 3.69. The summed E-state index contributed by atoms with van der Waals surface area (Å²) in [4.78, 5) is 45.2. The number of hydrogen-bond acceptors (Lipinski definition) is 10. The first kappa shape index (κ1) is 36.4. The number of aliphatic hydroxyl groups is 2. The van der Waals surface area contributed by atoms with Crippen LogP contribution in [0.1, 0.15) is 98.0 Å². The van der Waals surface area contributed by atoms with Crippen molar-refractivity contribution < 1.29 is 34.1 Å². The number of imide groups is 1. The largest absolute Gasteiger partial charge is 0.393 e. The molecule has 7 fully saturated rings. The van der Waals surface area contributed by atoms with Gasteiger partial charge in [0.2, 0.25) is 0 Å². The highest BCUT2D eigenvalue weighted by atomic mass is 16.7. The van der Waals surface area contributed by atoms with Crippen LogP contribution in [0.3, 0.4) is 0 Å². The van der Waals surface area contributed by atoms with Crippen LogP contribution in [0.15, 0.2) is 48.7 Å². The van der Waals surface area contributed by atoms with Crippen LogP contribution in [0, 0.1) is 34.0 Å². The van der Waals surface area contributed by atoms with Gasteiger partial charge in [-0.1, -0.05) is 44.2 Å². The fourth-order valence-electron chi connectivity index (χ4n) is 13.0. The van der Waals surface area contributed by atoms with Crippen molar-refractivity contribution in [2.75, 3.05) is 31.1 Å². The molecule has 11 rings (SSSR count). The number of piperidine rings is 1. The summed E-state index contributed by atoms with van der Waals surface area (Å²) in [6, 6.07) is 9.67. The zero-order valence-electron chi connectivity index (χ0n) is 32.5. The summed E-state index contributed by atoms with van der Waals surface area (Å²) < 4.78 is 15.1. The maximum atomic E-state index is 14.0. The molecule has 2 aromatic carbocycles. The number of benzene rings is 2. The summed E-state index contributed by atoms with van der Waals surface area (Å²) in [7, 11) is 0. The number of hydrogen-bond donors (Lipinski definition) is 2. The third-order valence-electron chi connectivity index (χ3n) is 15.4. The molecule has 2 spiro atoms. The number of carbonyl (C=O) groups excluding carboxylic acids is 3. The van der Waals surface area contributed by atoms with E-state index in [-0.39, 0.29) is 35.5 Å². The number of nitrogens with zero attached hydrogens (tertiary/aromatic N) is 5. The highest BCUT2D eigenvalue weighted by Gasteiger charge is 2.81. The molecule has 9 atom stereocenters. The van der Waals surface area contributed by atoms with Crippen LogP contribution in [0.25, 0.3) is 10.8 Å². The highest BCUT2D eigenvalue weighted by Crippen LogP contribution is 2.75. The van der Waals surface area contributed by atoms with Crippen LogP contribution in [-0.2, 0) is 27.2 Å². The smallest absolute Gasteiger partial charge is 0.261 e. The first-order valence-corrected chi connectivity index (χ1v) is 20.9. The first-order valence-electron chi connectivity index (χ1n) is 20.9. The number of anilines is 1. The van der Waals surface area contributed by atoms with Gasteiger partial charge in [-0.2, -0.15) is 0 Å². The predicted octanol–water partition coefficient (Wildman–Crippen LogP) is 5.09. The molecule has 2 amide bonds. The van der Waals surface area contributed by atoms with Gasteiger partial charge in [0.05, 0.1) is 42.6 Å². The van der Waals surface area contributed by atoms with Crippen molar-refractivity contribution in [1.82, 2.24) is 19.9 Å². The standard InChI is InChI=1S/C44H53N5O7/c1-25-30-22-32(50)36-43-16-9-15-42(2,3)33(43)23-34(44(36,37(25)51)38(30)52)56-41(43)55-21-8-10-26-24-48(46-45-26)19-20-49-39(53)28-12-7-11-27-31(47-17-5-4-6-18-47)14-13-29(35(27)28)40(49)54/h7,11-14,24,30,32-34,36,38,41,50,52H,1,4-6,8-10,15-23H2,2-3H3/t30-,32-,33+,34+,36-,38+,41+,43-,44+/m0/s1. The summed E-state index contributed by atoms with van der Waals surface area (Å²) in [5.41, 5.74) is 1.61. The molecule has 4 saturated carbocycles. The van der Waals surface area contributed by atoms with Gasteiger partial charge in [0.1, 0.15) is 0 Å². The Morgan fingerprint density at radius 1 is 0.964 bits per heavy atom. The minimum absolute atomic E-state index is 0.0291. The number of Topliss-reactive ketones (excluding diaryl/α,β-unsaturated/α-hetero) is 1. The Balaban J connectivity index is 0.801. The van der Waals surface area contributed by atoms with Gasteiger partial charge in [0, 0.05) is 70.7 Å². The topological polar surface area (TPSA) is 147 Å². The van der Waals surface area contributed by atoms with Crippen molar-refractivity contribution in [3.05, 3.63) is 65.5 Å². The van der Waals surface area contributed by atoms with E-state index >= 15 is 0 Å². The molecule has 1 aromatic heterocycles. The van der Waals surface area contributed by atoms with Crippen molar-refractivity contribution in [3.63, 3.8) is 0 Å². The van der Waals surface area contributed by atoms with E-state index in [2.05, 4.69) is 35.6 Å². The van der Waals surface area contributed by atoms with Crippen molar-refractivity contribution in [2.45, 2.75) is 109 Å². The lowest BCUT2D eigenvalue weighted by atomic mass is 9.37. The van der Waals surface area contributed by atoms with Crippen LogP contribution in [0.5, 0.6) is 0 Å². The van der Waals surface area contributed by atoms with Gasteiger partial charge in [0.25, 0.3) is 11.8 Å². The molecule has 296 valence electrons. The second-order valence-corrected chi connectivity index (χ2v) is 18.4. The van der Waals surface area contributed by atoms with Gasteiger partial charge >= 0.3 is 0 Å². The monoisotopic (exact) mass is 763 g/mol. The Morgan fingerprint density at radius 2 is 1.75 bits per heavy atom. The molecule has 0 radical (unpaired) electrons. The quantitative estimate of drug-likeness (QED) is 0.172. The number of ketones is 1. The van der Waals surface area contributed by atoms with Crippen LogP contribution in [-0.4, -0.2) is 98.5 Å².